The van der Waals surface area contributed by atoms with Gasteiger partial charge in [-0.2, -0.15) is 0 Å². The Morgan fingerprint density at radius 3 is 2.70 bits per heavy atom. The number of hydrogen-bond donors (Lipinski definition) is 1. The van der Waals surface area contributed by atoms with Gasteiger partial charge in [0.1, 0.15) is 0 Å². The molecule has 1 heterocycles. The minimum Gasteiger partial charge on any atom is -0.454 e. The van der Waals surface area contributed by atoms with E-state index in [9.17, 15) is 4.79 Å². The standard InChI is InChI=1S/C15H22N2O3/c1-10(2)17(4)8-15(18)16-11(3)12-5-6-13-14(7-12)20-9-19-13/h5-7,10-11H,8-9H2,1-4H3,(H,16,18). The van der Waals surface area contributed by atoms with Crippen LogP contribution in [0, 0.1) is 0 Å². The van der Waals surface area contributed by atoms with Gasteiger partial charge in [-0.15, -0.1) is 0 Å². The van der Waals surface area contributed by atoms with Gasteiger partial charge in [-0.25, -0.2) is 0 Å². The summed E-state index contributed by atoms with van der Waals surface area (Å²) in [4.78, 5) is 14.0. The number of benzene rings is 1. The van der Waals surface area contributed by atoms with Crippen LogP contribution in [0.3, 0.4) is 0 Å². The third-order valence-corrected chi connectivity index (χ3v) is 3.55. The van der Waals surface area contributed by atoms with Crippen LogP contribution in [0.5, 0.6) is 11.5 Å². The lowest BCUT2D eigenvalue weighted by atomic mass is 10.1. The van der Waals surface area contributed by atoms with Crippen LogP contribution in [0.15, 0.2) is 18.2 Å². The Hall–Kier alpha value is -1.75. The van der Waals surface area contributed by atoms with Crippen molar-refractivity contribution in [2.45, 2.75) is 32.9 Å². The van der Waals surface area contributed by atoms with Crippen LogP contribution in [0.2, 0.25) is 0 Å². The zero-order valence-electron chi connectivity index (χ0n) is 12.5. The molecule has 1 amide bonds. The van der Waals surface area contributed by atoms with Gasteiger partial charge in [-0.3, -0.25) is 9.69 Å². The van der Waals surface area contributed by atoms with E-state index in [2.05, 4.69) is 19.2 Å². The molecule has 1 aromatic rings. The third-order valence-electron chi connectivity index (χ3n) is 3.55. The Kier molecular flexibility index (Phi) is 4.49. The van der Waals surface area contributed by atoms with Crippen molar-refractivity contribution < 1.29 is 14.3 Å². The quantitative estimate of drug-likeness (QED) is 0.894. The molecule has 1 N–H and O–H groups in total. The van der Waals surface area contributed by atoms with E-state index in [0.717, 1.165) is 17.1 Å². The van der Waals surface area contributed by atoms with Crippen molar-refractivity contribution in [2.75, 3.05) is 20.4 Å². The van der Waals surface area contributed by atoms with Gasteiger partial charge in [-0.1, -0.05) is 6.07 Å². The van der Waals surface area contributed by atoms with Crippen molar-refractivity contribution in [1.82, 2.24) is 10.2 Å². The second-order valence-corrected chi connectivity index (χ2v) is 5.41. The molecule has 5 heteroatoms. The van der Waals surface area contributed by atoms with Crippen molar-refractivity contribution in [3.8, 4) is 11.5 Å². The number of ether oxygens (including phenoxy) is 2. The van der Waals surface area contributed by atoms with E-state index >= 15 is 0 Å². The lowest BCUT2D eigenvalue weighted by molar-refractivity contribution is -0.122. The summed E-state index contributed by atoms with van der Waals surface area (Å²) in [5, 5.41) is 3.00. The molecule has 0 radical (unpaired) electrons. The minimum absolute atomic E-state index is 0.0198. The number of nitrogens with one attached hydrogen (secondary N) is 1. The van der Waals surface area contributed by atoms with Gasteiger partial charge >= 0.3 is 0 Å². The molecule has 0 saturated heterocycles. The molecule has 0 fully saturated rings. The van der Waals surface area contributed by atoms with E-state index in [1.165, 1.54) is 0 Å². The van der Waals surface area contributed by atoms with Crippen molar-refractivity contribution in [2.24, 2.45) is 0 Å². The van der Waals surface area contributed by atoms with Crippen molar-refractivity contribution in [1.29, 1.82) is 0 Å². The second-order valence-electron chi connectivity index (χ2n) is 5.41. The van der Waals surface area contributed by atoms with Crippen LogP contribution < -0.4 is 14.8 Å². The second kappa shape index (κ2) is 6.13. The molecule has 0 aromatic heterocycles. The van der Waals surface area contributed by atoms with Crippen LogP contribution in [-0.2, 0) is 4.79 Å². The molecule has 5 nitrogen and oxygen atoms in total. The summed E-state index contributed by atoms with van der Waals surface area (Å²) in [5.74, 6) is 1.51. The smallest absolute Gasteiger partial charge is 0.234 e. The van der Waals surface area contributed by atoms with Crippen LogP contribution >= 0.6 is 0 Å². The normalized spacial score (nSPS) is 14.7. The van der Waals surface area contributed by atoms with E-state index in [-0.39, 0.29) is 18.7 Å². The monoisotopic (exact) mass is 278 g/mol. The molecule has 0 bridgehead atoms. The Morgan fingerprint density at radius 1 is 1.30 bits per heavy atom. The molecule has 1 aliphatic rings. The SMILES string of the molecule is CC(NC(=O)CN(C)C(C)C)c1ccc2c(c1)OCO2. The van der Waals surface area contributed by atoms with Crippen LogP contribution in [0.4, 0.5) is 0 Å². The fraction of sp³-hybridized carbons (Fsp3) is 0.533. The fourth-order valence-electron chi connectivity index (χ4n) is 1.96. The predicted molar refractivity (Wildman–Crippen MR) is 76.9 cm³/mol. The summed E-state index contributed by atoms with van der Waals surface area (Å²) in [6, 6.07) is 6.03. The summed E-state index contributed by atoms with van der Waals surface area (Å²) in [6.45, 7) is 6.75. The molecule has 1 aromatic carbocycles. The van der Waals surface area contributed by atoms with Gasteiger partial charge in [0, 0.05) is 6.04 Å². The van der Waals surface area contributed by atoms with Crippen LogP contribution in [-0.4, -0.2) is 37.2 Å². The Bertz CT molecular complexity index is 488. The molecule has 1 aliphatic heterocycles. The lowest BCUT2D eigenvalue weighted by Gasteiger charge is -2.22. The average molecular weight is 278 g/mol. The molecule has 1 atom stereocenters. The number of likely N-dealkylation sites (N-methyl/N-ethyl adjacent to an activating group) is 1. The lowest BCUT2D eigenvalue weighted by Crippen LogP contribution is -2.39. The zero-order chi connectivity index (χ0) is 14.7. The van der Waals surface area contributed by atoms with E-state index in [4.69, 9.17) is 9.47 Å². The van der Waals surface area contributed by atoms with E-state index in [1.807, 2.05) is 37.1 Å². The number of amides is 1. The molecule has 110 valence electrons. The first-order chi connectivity index (χ1) is 9.47. The van der Waals surface area contributed by atoms with Gasteiger partial charge in [0.25, 0.3) is 0 Å². The van der Waals surface area contributed by atoms with Crippen molar-refractivity contribution >= 4 is 5.91 Å². The van der Waals surface area contributed by atoms with E-state index in [0.29, 0.717) is 12.6 Å². The molecule has 0 spiro atoms. The number of carbonyl (C=O) groups excluding carboxylic acids is 1. The number of nitrogens with zero attached hydrogens (tertiary/aromatic N) is 1. The van der Waals surface area contributed by atoms with E-state index in [1.54, 1.807) is 0 Å². The molecule has 20 heavy (non-hydrogen) atoms. The van der Waals surface area contributed by atoms with Crippen molar-refractivity contribution in [3.63, 3.8) is 0 Å². The first-order valence-corrected chi connectivity index (χ1v) is 6.86. The topological polar surface area (TPSA) is 50.8 Å². The van der Waals surface area contributed by atoms with Crippen molar-refractivity contribution in [3.05, 3.63) is 23.8 Å². The fourth-order valence-corrected chi connectivity index (χ4v) is 1.96. The molecular formula is C15H22N2O3. The van der Waals surface area contributed by atoms with Gasteiger partial charge < -0.3 is 14.8 Å². The highest BCUT2D eigenvalue weighted by atomic mass is 16.7. The first kappa shape index (κ1) is 14.7. The van der Waals surface area contributed by atoms with Crippen LogP contribution in [0.1, 0.15) is 32.4 Å². The van der Waals surface area contributed by atoms with Crippen LogP contribution in [0.25, 0.3) is 0 Å². The van der Waals surface area contributed by atoms with Gasteiger partial charge in [-0.05, 0) is 45.5 Å². The number of fused-ring (bicyclic) bond motifs is 1. The summed E-state index contributed by atoms with van der Waals surface area (Å²) in [5.41, 5.74) is 1.01. The van der Waals surface area contributed by atoms with Gasteiger partial charge in [0.2, 0.25) is 12.7 Å². The predicted octanol–water partition coefficient (Wildman–Crippen LogP) is 1.93. The van der Waals surface area contributed by atoms with Gasteiger partial charge in [0.15, 0.2) is 11.5 Å². The maximum Gasteiger partial charge on any atom is 0.234 e. The largest absolute Gasteiger partial charge is 0.454 e. The summed E-state index contributed by atoms with van der Waals surface area (Å²) in [7, 11) is 1.94. The Balaban J connectivity index is 1.94. The summed E-state index contributed by atoms with van der Waals surface area (Å²) in [6.07, 6.45) is 0. The highest BCUT2D eigenvalue weighted by Gasteiger charge is 2.17. The molecule has 1 unspecified atom stereocenters. The van der Waals surface area contributed by atoms with Gasteiger partial charge in [0.05, 0.1) is 12.6 Å². The highest BCUT2D eigenvalue weighted by Crippen LogP contribution is 2.34. The Labute approximate surface area is 119 Å². The number of hydrogen-bond acceptors (Lipinski definition) is 4. The third kappa shape index (κ3) is 3.42. The maximum atomic E-state index is 12.0. The molecule has 0 saturated carbocycles. The maximum absolute atomic E-state index is 12.0. The molecule has 0 aliphatic carbocycles. The number of rotatable bonds is 5. The highest BCUT2D eigenvalue weighted by molar-refractivity contribution is 5.78. The number of carbonyl (C=O) groups is 1. The molecular weight excluding hydrogens is 256 g/mol. The minimum atomic E-state index is -0.0578. The summed E-state index contributed by atoms with van der Waals surface area (Å²) >= 11 is 0. The summed E-state index contributed by atoms with van der Waals surface area (Å²) < 4.78 is 10.6. The van der Waals surface area contributed by atoms with E-state index < -0.39 is 0 Å². The average Bonchev–Trinajstić information content (AvgIpc) is 2.85. The molecule has 2 rings (SSSR count). The Morgan fingerprint density at radius 2 is 2.00 bits per heavy atom. The first-order valence-electron chi connectivity index (χ1n) is 6.86. The zero-order valence-corrected chi connectivity index (χ0v) is 12.5.